The summed E-state index contributed by atoms with van der Waals surface area (Å²) in [5.41, 5.74) is 16.1. The van der Waals surface area contributed by atoms with Gasteiger partial charge in [-0.15, -0.1) is 0 Å². The summed E-state index contributed by atoms with van der Waals surface area (Å²) < 4.78 is 2.46. The highest BCUT2D eigenvalue weighted by atomic mass is 15.1. The van der Waals surface area contributed by atoms with E-state index in [0.717, 1.165) is 17.1 Å². The third kappa shape index (κ3) is 6.94. The standard InChI is InChI=1S/C64H58N2/c1-62(2,3)45-29-34-50(44-37-46(63(4,5)6)39-47(38-44)64(7,8)9)55(40-45)41-23-30-49(31-24-41)65(48-17-11-10-12-18-48)58-35-27-42-26-33-54-59(36-28-43-25-32-53(58)60(42)61(43)54)66-56-21-15-13-19-51(56)52-20-14-16-22-57(52)66/h10-40H,1-9H3. The van der Waals surface area contributed by atoms with Crippen molar-refractivity contribution < 1.29 is 0 Å². The van der Waals surface area contributed by atoms with Crippen LogP contribution in [0.5, 0.6) is 0 Å². The highest BCUT2D eigenvalue weighted by Crippen LogP contribution is 2.47. The van der Waals surface area contributed by atoms with Gasteiger partial charge in [0.25, 0.3) is 0 Å². The van der Waals surface area contributed by atoms with E-state index >= 15 is 0 Å². The molecule has 0 aliphatic rings. The number of hydrogen-bond acceptors (Lipinski definition) is 1. The fraction of sp³-hybridized carbons (Fsp3) is 0.188. The number of anilines is 3. The summed E-state index contributed by atoms with van der Waals surface area (Å²) in [6.45, 7) is 20.9. The zero-order chi connectivity index (χ0) is 45.7. The van der Waals surface area contributed by atoms with Gasteiger partial charge in [0.2, 0.25) is 0 Å². The Morgan fingerprint density at radius 1 is 0.348 bits per heavy atom. The molecular weight excluding hydrogens is 797 g/mol. The number of aromatic nitrogens is 1. The summed E-state index contributed by atoms with van der Waals surface area (Å²) in [6.07, 6.45) is 0. The second-order valence-electron chi connectivity index (χ2n) is 21.5. The lowest BCUT2D eigenvalue weighted by Crippen LogP contribution is -2.16. The van der Waals surface area contributed by atoms with Crippen LogP contribution in [0.3, 0.4) is 0 Å². The molecule has 0 unspecified atom stereocenters. The van der Waals surface area contributed by atoms with Crippen molar-refractivity contribution in [3.05, 3.63) is 205 Å². The third-order valence-electron chi connectivity index (χ3n) is 14.0. The SMILES string of the molecule is CC(C)(C)c1cc(-c2ccc(C(C)(C)C)cc2-c2ccc(N(c3ccccc3)c3ccc4ccc5c(-n6c7ccccc7c7ccccc76)ccc6ccc3c4c65)cc2)cc(C(C)(C)C)c1. The van der Waals surface area contributed by atoms with Crippen LogP contribution >= 0.6 is 0 Å². The van der Waals surface area contributed by atoms with Gasteiger partial charge >= 0.3 is 0 Å². The number of fused-ring (bicyclic) bond motifs is 3. The summed E-state index contributed by atoms with van der Waals surface area (Å²) in [7, 11) is 0. The first-order valence-electron chi connectivity index (χ1n) is 23.6. The second kappa shape index (κ2) is 15.2. The molecule has 66 heavy (non-hydrogen) atoms. The van der Waals surface area contributed by atoms with E-state index in [1.54, 1.807) is 0 Å². The van der Waals surface area contributed by atoms with Crippen LogP contribution in [-0.4, -0.2) is 4.57 Å². The van der Waals surface area contributed by atoms with Gasteiger partial charge < -0.3 is 9.47 Å². The van der Waals surface area contributed by atoms with E-state index < -0.39 is 0 Å². The number of nitrogens with zero attached hydrogens (tertiary/aromatic N) is 2. The Bertz CT molecular complexity index is 3540. The van der Waals surface area contributed by atoms with E-state index in [9.17, 15) is 0 Å². The lowest BCUT2D eigenvalue weighted by Gasteiger charge is -2.28. The molecule has 11 rings (SSSR count). The van der Waals surface area contributed by atoms with Gasteiger partial charge in [-0.05, 0) is 125 Å². The highest BCUT2D eigenvalue weighted by molar-refractivity contribution is 6.27. The van der Waals surface area contributed by atoms with E-state index in [0.29, 0.717) is 0 Å². The summed E-state index contributed by atoms with van der Waals surface area (Å²) >= 11 is 0. The zero-order valence-electron chi connectivity index (χ0n) is 39.8. The fourth-order valence-corrected chi connectivity index (χ4v) is 10.3. The second-order valence-corrected chi connectivity index (χ2v) is 21.5. The number of hydrogen-bond donors (Lipinski definition) is 0. The van der Waals surface area contributed by atoms with Crippen LogP contribution in [0.1, 0.15) is 79.0 Å². The molecule has 0 aliphatic heterocycles. The van der Waals surface area contributed by atoms with Gasteiger partial charge in [-0.25, -0.2) is 0 Å². The zero-order valence-corrected chi connectivity index (χ0v) is 39.8. The van der Waals surface area contributed by atoms with Gasteiger partial charge in [0, 0.05) is 32.9 Å². The van der Waals surface area contributed by atoms with E-state index in [-0.39, 0.29) is 16.2 Å². The van der Waals surface area contributed by atoms with Crippen molar-refractivity contribution in [2.45, 2.75) is 78.6 Å². The van der Waals surface area contributed by atoms with Crippen LogP contribution in [0.15, 0.2) is 188 Å². The average Bonchev–Trinajstić information content (AvgIpc) is 3.64. The molecule has 0 N–H and O–H groups in total. The number of benzene rings is 10. The summed E-state index contributed by atoms with van der Waals surface area (Å²) in [5, 5.41) is 10.1. The molecule has 0 radical (unpaired) electrons. The molecule has 2 heteroatoms. The van der Waals surface area contributed by atoms with Crippen LogP contribution in [0.2, 0.25) is 0 Å². The Hall–Kier alpha value is -7.16. The van der Waals surface area contributed by atoms with E-state index in [4.69, 9.17) is 0 Å². The maximum Gasteiger partial charge on any atom is 0.0541 e. The Labute approximate surface area is 390 Å². The topological polar surface area (TPSA) is 8.17 Å². The van der Waals surface area contributed by atoms with E-state index in [1.807, 2.05) is 0 Å². The lowest BCUT2D eigenvalue weighted by atomic mass is 9.77. The fourth-order valence-electron chi connectivity index (χ4n) is 10.3. The van der Waals surface area contributed by atoms with Crippen molar-refractivity contribution in [2.75, 3.05) is 4.90 Å². The van der Waals surface area contributed by atoms with Crippen molar-refractivity contribution in [2.24, 2.45) is 0 Å². The van der Waals surface area contributed by atoms with Crippen molar-refractivity contribution in [3.8, 4) is 27.9 Å². The largest absolute Gasteiger partial charge is 0.310 e. The number of rotatable bonds is 6. The van der Waals surface area contributed by atoms with Crippen molar-refractivity contribution >= 4 is 71.2 Å². The van der Waals surface area contributed by atoms with Crippen LogP contribution in [0.4, 0.5) is 17.1 Å². The first kappa shape index (κ1) is 41.5. The van der Waals surface area contributed by atoms with Crippen LogP contribution in [0.25, 0.3) is 82.1 Å². The maximum absolute atomic E-state index is 2.46. The minimum Gasteiger partial charge on any atom is -0.310 e. The Kier molecular flexibility index (Phi) is 9.57. The molecule has 0 spiro atoms. The van der Waals surface area contributed by atoms with Crippen LogP contribution < -0.4 is 4.90 Å². The predicted octanol–water partition coefficient (Wildman–Crippen LogP) is 18.4. The van der Waals surface area contributed by atoms with Crippen molar-refractivity contribution in [1.29, 1.82) is 0 Å². The normalized spacial score (nSPS) is 12.6. The molecule has 11 aromatic rings. The molecule has 0 fully saturated rings. The predicted molar refractivity (Wildman–Crippen MR) is 286 cm³/mol. The molecule has 0 aliphatic carbocycles. The van der Waals surface area contributed by atoms with Gasteiger partial charge in [0.05, 0.1) is 22.4 Å². The van der Waals surface area contributed by atoms with Gasteiger partial charge in [-0.1, -0.05) is 202 Å². The van der Waals surface area contributed by atoms with Crippen LogP contribution in [-0.2, 0) is 16.2 Å². The molecule has 0 bridgehead atoms. The quantitative estimate of drug-likeness (QED) is 0.151. The molecule has 324 valence electrons. The van der Waals surface area contributed by atoms with Crippen LogP contribution in [0, 0.1) is 0 Å². The smallest absolute Gasteiger partial charge is 0.0541 e. The molecule has 0 atom stereocenters. The Morgan fingerprint density at radius 3 is 1.47 bits per heavy atom. The average molecular weight is 855 g/mol. The number of para-hydroxylation sites is 3. The molecule has 0 saturated heterocycles. The van der Waals surface area contributed by atoms with Gasteiger partial charge in [0.15, 0.2) is 0 Å². The Balaban J connectivity index is 1.09. The molecule has 10 aromatic carbocycles. The molecule has 2 nitrogen and oxygen atoms in total. The van der Waals surface area contributed by atoms with E-state index in [2.05, 4.69) is 260 Å². The van der Waals surface area contributed by atoms with Gasteiger partial charge in [-0.3, -0.25) is 0 Å². The summed E-state index contributed by atoms with van der Waals surface area (Å²) in [6, 6.07) is 70.8. The summed E-state index contributed by atoms with van der Waals surface area (Å²) in [5.74, 6) is 0. The third-order valence-corrected chi connectivity index (χ3v) is 14.0. The monoisotopic (exact) mass is 854 g/mol. The lowest BCUT2D eigenvalue weighted by molar-refractivity contribution is 0.569. The van der Waals surface area contributed by atoms with Gasteiger partial charge in [0.1, 0.15) is 0 Å². The van der Waals surface area contributed by atoms with E-state index in [1.165, 1.54) is 98.8 Å². The molecule has 1 aromatic heterocycles. The minimum absolute atomic E-state index is 0.000395. The summed E-state index contributed by atoms with van der Waals surface area (Å²) in [4.78, 5) is 2.44. The molecule has 0 amide bonds. The first-order valence-corrected chi connectivity index (χ1v) is 23.6. The molecule has 1 heterocycles. The molecule has 0 saturated carbocycles. The highest BCUT2D eigenvalue weighted by Gasteiger charge is 2.25. The van der Waals surface area contributed by atoms with Crippen molar-refractivity contribution in [1.82, 2.24) is 4.57 Å². The van der Waals surface area contributed by atoms with Crippen molar-refractivity contribution in [3.63, 3.8) is 0 Å². The Morgan fingerprint density at radius 2 is 0.864 bits per heavy atom. The van der Waals surface area contributed by atoms with Gasteiger partial charge in [-0.2, -0.15) is 0 Å². The maximum atomic E-state index is 2.46. The molecular formula is C64H58N2. The minimum atomic E-state index is 0.000395. The first-order chi connectivity index (χ1) is 31.6.